The predicted octanol–water partition coefficient (Wildman–Crippen LogP) is 1.05. The van der Waals surface area contributed by atoms with Crippen molar-refractivity contribution in [2.75, 3.05) is 20.3 Å². The molecule has 1 saturated carbocycles. The number of methoxy groups -OCH3 is 1. The van der Waals surface area contributed by atoms with E-state index in [1.54, 1.807) is 7.11 Å². The molecule has 0 aliphatic heterocycles. The topological polar surface area (TPSA) is 75.6 Å². The summed E-state index contributed by atoms with van der Waals surface area (Å²) in [5.74, 6) is -1.77. The fraction of sp³-hybridized carbons (Fsp3) is 0.714. The van der Waals surface area contributed by atoms with Gasteiger partial charge in [0.1, 0.15) is 0 Å². The normalized spacial score (nSPS) is 31.6. The largest absolute Gasteiger partial charge is 0.481 e. The van der Waals surface area contributed by atoms with Crippen molar-refractivity contribution in [1.82, 2.24) is 5.32 Å². The van der Waals surface area contributed by atoms with E-state index in [0.717, 1.165) is 19.3 Å². The van der Waals surface area contributed by atoms with Crippen LogP contribution in [0.4, 0.5) is 0 Å². The summed E-state index contributed by atoms with van der Waals surface area (Å²) in [6.07, 6.45) is 6.51. The molecule has 1 amide bonds. The lowest BCUT2D eigenvalue weighted by molar-refractivity contribution is -0.147. The molecule has 0 aromatic heterocycles. The van der Waals surface area contributed by atoms with Gasteiger partial charge in [-0.3, -0.25) is 9.59 Å². The second kappa shape index (κ2) is 6.19. The first-order chi connectivity index (χ1) is 9.15. The van der Waals surface area contributed by atoms with Crippen LogP contribution < -0.4 is 5.32 Å². The molecule has 0 spiro atoms. The van der Waals surface area contributed by atoms with Crippen LogP contribution in [0.2, 0.25) is 0 Å². The number of carbonyl (C=O) groups is 2. The SMILES string of the molecule is COCCCCNC(=O)[C@H]1C2C=CC(C2)[C@H]1C(=O)O. The van der Waals surface area contributed by atoms with E-state index in [-0.39, 0.29) is 17.7 Å². The van der Waals surface area contributed by atoms with Crippen LogP contribution >= 0.6 is 0 Å². The Hall–Kier alpha value is -1.36. The second-order valence-electron chi connectivity index (χ2n) is 5.33. The number of unbranched alkanes of at least 4 members (excludes halogenated alkanes) is 1. The zero-order valence-electron chi connectivity index (χ0n) is 11.2. The molecule has 4 atom stereocenters. The number of hydrogen-bond donors (Lipinski definition) is 2. The van der Waals surface area contributed by atoms with Crippen LogP contribution in [0.5, 0.6) is 0 Å². The number of carboxylic acid groups (broad SMARTS) is 1. The van der Waals surface area contributed by atoms with Crippen LogP contribution in [0.15, 0.2) is 12.2 Å². The van der Waals surface area contributed by atoms with Gasteiger partial charge in [0.25, 0.3) is 0 Å². The fourth-order valence-electron chi connectivity index (χ4n) is 3.22. The van der Waals surface area contributed by atoms with Crippen molar-refractivity contribution in [2.45, 2.75) is 19.3 Å². The molecule has 2 bridgehead atoms. The summed E-state index contributed by atoms with van der Waals surface area (Å²) in [4.78, 5) is 23.4. The van der Waals surface area contributed by atoms with Crippen LogP contribution in [0, 0.1) is 23.7 Å². The van der Waals surface area contributed by atoms with Crippen LogP contribution in [0.1, 0.15) is 19.3 Å². The van der Waals surface area contributed by atoms with E-state index in [1.165, 1.54) is 0 Å². The number of allylic oxidation sites excluding steroid dienone is 2. The molecule has 2 unspecified atom stereocenters. The number of fused-ring (bicyclic) bond motifs is 2. The average Bonchev–Trinajstić information content (AvgIpc) is 2.98. The highest BCUT2D eigenvalue weighted by Gasteiger charge is 2.51. The summed E-state index contributed by atoms with van der Waals surface area (Å²) >= 11 is 0. The van der Waals surface area contributed by atoms with Crippen molar-refractivity contribution in [1.29, 1.82) is 0 Å². The van der Waals surface area contributed by atoms with Gasteiger partial charge in [-0.25, -0.2) is 0 Å². The van der Waals surface area contributed by atoms with Gasteiger partial charge < -0.3 is 15.2 Å². The summed E-state index contributed by atoms with van der Waals surface area (Å²) in [5, 5.41) is 12.1. The second-order valence-corrected chi connectivity index (χ2v) is 5.33. The Morgan fingerprint density at radius 2 is 1.95 bits per heavy atom. The minimum absolute atomic E-state index is 0.0340. The van der Waals surface area contributed by atoms with E-state index < -0.39 is 17.8 Å². The third-order valence-corrected chi connectivity index (χ3v) is 4.12. The minimum atomic E-state index is -0.851. The molecule has 0 radical (unpaired) electrons. The predicted molar refractivity (Wildman–Crippen MR) is 69.5 cm³/mol. The molecule has 2 aliphatic rings. The summed E-state index contributed by atoms with van der Waals surface area (Å²) in [6.45, 7) is 1.27. The molecule has 19 heavy (non-hydrogen) atoms. The molecule has 2 N–H and O–H groups in total. The Morgan fingerprint density at radius 3 is 2.58 bits per heavy atom. The first-order valence-corrected chi connectivity index (χ1v) is 6.83. The van der Waals surface area contributed by atoms with Crippen molar-refractivity contribution in [2.24, 2.45) is 23.7 Å². The third kappa shape index (κ3) is 2.97. The van der Waals surface area contributed by atoms with E-state index in [2.05, 4.69) is 5.32 Å². The maximum atomic E-state index is 12.1. The number of nitrogens with one attached hydrogen (secondary N) is 1. The number of carbonyl (C=O) groups excluding carboxylic acids is 1. The maximum Gasteiger partial charge on any atom is 0.307 e. The van der Waals surface area contributed by atoms with Gasteiger partial charge in [0.05, 0.1) is 11.8 Å². The first-order valence-electron chi connectivity index (χ1n) is 6.83. The van der Waals surface area contributed by atoms with E-state index in [1.807, 2.05) is 12.2 Å². The molecular formula is C14H21NO4. The molecule has 0 aromatic rings. The summed E-state index contributed by atoms with van der Waals surface area (Å²) in [5.41, 5.74) is 0. The smallest absolute Gasteiger partial charge is 0.307 e. The monoisotopic (exact) mass is 267 g/mol. The quantitative estimate of drug-likeness (QED) is 0.534. The number of hydrogen-bond acceptors (Lipinski definition) is 3. The van der Waals surface area contributed by atoms with Crippen molar-refractivity contribution in [3.63, 3.8) is 0 Å². The average molecular weight is 267 g/mol. The van der Waals surface area contributed by atoms with Gasteiger partial charge >= 0.3 is 5.97 Å². The molecular weight excluding hydrogens is 246 g/mol. The molecule has 5 heteroatoms. The van der Waals surface area contributed by atoms with Gasteiger partial charge in [0, 0.05) is 20.3 Å². The van der Waals surface area contributed by atoms with Gasteiger partial charge in [0.2, 0.25) is 5.91 Å². The maximum absolute atomic E-state index is 12.1. The molecule has 1 fully saturated rings. The van der Waals surface area contributed by atoms with Crippen LogP contribution in [-0.2, 0) is 14.3 Å². The molecule has 0 saturated heterocycles. The highest BCUT2D eigenvalue weighted by molar-refractivity contribution is 5.86. The Bertz CT molecular complexity index is 380. The Balaban J connectivity index is 1.84. The number of carboxylic acids is 1. The van der Waals surface area contributed by atoms with Gasteiger partial charge in [-0.05, 0) is 31.1 Å². The number of amides is 1. The summed E-state index contributed by atoms with van der Waals surface area (Å²) in [6, 6.07) is 0. The van der Waals surface area contributed by atoms with Crippen LogP contribution in [0.3, 0.4) is 0 Å². The van der Waals surface area contributed by atoms with Gasteiger partial charge in [-0.2, -0.15) is 0 Å². The molecule has 0 heterocycles. The van der Waals surface area contributed by atoms with E-state index in [0.29, 0.717) is 13.2 Å². The lowest BCUT2D eigenvalue weighted by atomic mass is 9.82. The third-order valence-electron chi connectivity index (χ3n) is 4.12. The lowest BCUT2D eigenvalue weighted by Crippen LogP contribution is -2.40. The van der Waals surface area contributed by atoms with Gasteiger partial charge in [-0.15, -0.1) is 0 Å². The Kier molecular flexibility index (Phi) is 4.58. The van der Waals surface area contributed by atoms with Crippen molar-refractivity contribution in [3.8, 4) is 0 Å². The molecule has 2 aliphatic carbocycles. The van der Waals surface area contributed by atoms with E-state index in [4.69, 9.17) is 4.74 Å². The van der Waals surface area contributed by atoms with E-state index >= 15 is 0 Å². The fourth-order valence-corrected chi connectivity index (χ4v) is 3.22. The Morgan fingerprint density at radius 1 is 1.26 bits per heavy atom. The van der Waals surface area contributed by atoms with Crippen LogP contribution in [-0.4, -0.2) is 37.2 Å². The molecule has 106 valence electrons. The van der Waals surface area contributed by atoms with Gasteiger partial charge in [0.15, 0.2) is 0 Å². The lowest BCUT2D eigenvalue weighted by Gasteiger charge is -2.23. The number of ether oxygens (including phenoxy) is 1. The van der Waals surface area contributed by atoms with Crippen molar-refractivity contribution < 1.29 is 19.4 Å². The van der Waals surface area contributed by atoms with E-state index in [9.17, 15) is 14.7 Å². The standard InChI is InChI=1S/C14H21NO4/c1-19-7-3-2-6-15-13(16)11-9-4-5-10(8-9)12(11)14(17)18/h4-5,9-12H,2-3,6-8H2,1H3,(H,15,16)(H,17,18)/t9?,10?,11-,12+/m0/s1. The molecule has 0 aromatic carbocycles. The minimum Gasteiger partial charge on any atom is -0.481 e. The van der Waals surface area contributed by atoms with Crippen molar-refractivity contribution in [3.05, 3.63) is 12.2 Å². The number of rotatable bonds is 7. The summed E-state index contributed by atoms with van der Waals surface area (Å²) < 4.78 is 4.94. The van der Waals surface area contributed by atoms with Crippen LogP contribution in [0.25, 0.3) is 0 Å². The Labute approximate surface area is 113 Å². The van der Waals surface area contributed by atoms with Gasteiger partial charge in [-0.1, -0.05) is 12.2 Å². The van der Waals surface area contributed by atoms with Crippen molar-refractivity contribution >= 4 is 11.9 Å². The highest BCUT2D eigenvalue weighted by Crippen LogP contribution is 2.48. The summed E-state index contributed by atoms with van der Waals surface area (Å²) in [7, 11) is 1.65. The molecule has 5 nitrogen and oxygen atoms in total. The molecule has 2 rings (SSSR count). The number of aliphatic carboxylic acids is 1. The zero-order valence-corrected chi connectivity index (χ0v) is 11.2. The highest BCUT2D eigenvalue weighted by atomic mass is 16.5. The first kappa shape index (κ1) is 14.1. The zero-order chi connectivity index (χ0) is 13.8.